The van der Waals surface area contributed by atoms with Gasteiger partial charge < -0.3 is 20.1 Å². The first-order valence-corrected chi connectivity index (χ1v) is 11.0. The molecule has 6 nitrogen and oxygen atoms in total. The molecule has 2 heterocycles. The smallest absolute Gasteiger partial charge is 0.191 e. The Morgan fingerprint density at radius 1 is 1.03 bits per heavy atom. The quantitative estimate of drug-likeness (QED) is 0.541. The highest BCUT2D eigenvalue weighted by Crippen LogP contribution is 2.34. The van der Waals surface area contributed by atoms with E-state index in [-0.39, 0.29) is 5.41 Å². The van der Waals surface area contributed by atoms with E-state index in [1.807, 2.05) is 7.05 Å². The van der Waals surface area contributed by atoms with E-state index in [9.17, 15) is 0 Å². The Balaban J connectivity index is 1.59. The Kier molecular flexibility index (Phi) is 8.33. The molecule has 2 saturated heterocycles. The molecule has 2 aliphatic heterocycles. The van der Waals surface area contributed by atoms with Crippen molar-refractivity contribution in [3.8, 4) is 0 Å². The van der Waals surface area contributed by atoms with Gasteiger partial charge >= 0.3 is 0 Å². The summed E-state index contributed by atoms with van der Waals surface area (Å²) in [5.74, 6) is 1.45. The summed E-state index contributed by atoms with van der Waals surface area (Å²) in [6, 6.07) is 11.3. The maximum atomic E-state index is 5.66. The van der Waals surface area contributed by atoms with E-state index < -0.39 is 0 Å². The predicted octanol–water partition coefficient (Wildman–Crippen LogP) is 2.26. The molecule has 2 N–H and O–H groups in total. The van der Waals surface area contributed by atoms with Gasteiger partial charge in [0, 0.05) is 57.9 Å². The molecule has 0 aromatic heterocycles. The summed E-state index contributed by atoms with van der Waals surface area (Å²) in [4.78, 5) is 7.03. The molecule has 1 atom stereocenters. The normalized spacial score (nSPS) is 21.7. The van der Waals surface area contributed by atoms with Crippen LogP contribution < -0.4 is 10.6 Å². The summed E-state index contributed by atoms with van der Waals surface area (Å²) in [5, 5.41) is 7.20. The van der Waals surface area contributed by atoms with E-state index in [4.69, 9.17) is 9.47 Å². The molecule has 1 aromatic carbocycles. The number of benzene rings is 1. The van der Waals surface area contributed by atoms with Crippen molar-refractivity contribution in [2.24, 2.45) is 10.9 Å². The third kappa shape index (κ3) is 5.93. The first kappa shape index (κ1) is 22.1. The van der Waals surface area contributed by atoms with Gasteiger partial charge in [0.1, 0.15) is 0 Å². The van der Waals surface area contributed by atoms with Gasteiger partial charge in [-0.1, -0.05) is 44.2 Å². The van der Waals surface area contributed by atoms with E-state index in [0.717, 1.165) is 71.4 Å². The number of hydrogen-bond donors (Lipinski definition) is 2. The fourth-order valence-electron chi connectivity index (χ4n) is 4.49. The Bertz CT molecular complexity index is 623. The second-order valence-electron chi connectivity index (χ2n) is 8.53. The topological polar surface area (TPSA) is 58.1 Å². The van der Waals surface area contributed by atoms with Gasteiger partial charge in [-0.25, -0.2) is 0 Å². The lowest BCUT2D eigenvalue weighted by Gasteiger charge is -2.39. The molecular weight excluding hydrogens is 364 g/mol. The number of nitrogens with one attached hydrogen (secondary N) is 2. The molecule has 3 rings (SSSR count). The molecule has 0 bridgehead atoms. The Morgan fingerprint density at radius 3 is 2.31 bits per heavy atom. The van der Waals surface area contributed by atoms with Crippen molar-refractivity contribution in [3.63, 3.8) is 0 Å². The van der Waals surface area contributed by atoms with Crippen LogP contribution in [0.5, 0.6) is 0 Å². The predicted molar refractivity (Wildman–Crippen MR) is 119 cm³/mol. The largest absolute Gasteiger partial charge is 0.381 e. The monoisotopic (exact) mass is 402 g/mol. The Hall–Kier alpha value is -1.63. The van der Waals surface area contributed by atoms with Gasteiger partial charge in [-0.15, -0.1) is 0 Å². The van der Waals surface area contributed by atoms with Crippen molar-refractivity contribution in [1.29, 1.82) is 0 Å². The molecule has 0 spiro atoms. The molecule has 0 radical (unpaired) electrons. The first-order chi connectivity index (χ1) is 14.1. The Labute approximate surface area is 176 Å². The second-order valence-corrected chi connectivity index (χ2v) is 8.53. The van der Waals surface area contributed by atoms with Crippen LogP contribution in [0, 0.1) is 5.92 Å². The molecular formula is C23H38N4O2. The van der Waals surface area contributed by atoms with Gasteiger partial charge in [-0.3, -0.25) is 9.89 Å². The molecule has 0 amide bonds. The van der Waals surface area contributed by atoms with Crippen LogP contribution in [0.4, 0.5) is 0 Å². The average Bonchev–Trinajstić information content (AvgIpc) is 2.78. The lowest BCUT2D eigenvalue weighted by Crippen LogP contribution is -2.54. The molecule has 1 unspecified atom stereocenters. The lowest BCUT2D eigenvalue weighted by atomic mass is 9.74. The summed E-state index contributed by atoms with van der Waals surface area (Å²) in [7, 11) is 1.85. The standard InChI is InChI=1S/C23H38N4O2/c1-19(2)21(27-11-15-29-16-12-27)17-25-22(24-3)26-18-23(9-13-28-14-10-23)20-7-5-4-6-8-20/h4-8,19,21H,9-18H2,1-3H3,(H2,24,25,26). The van der Waals surface area contributed by atoms with Crippen molar-refractivity contribution in [2.75, 3.05) is 59.7 Å². The summed E-state index contributed by atoms with van der Waals surface area (Å²) >= 11 is 0. The molecule has 29 heavy (non-hydrogen) atoms. The van der Waals surface area contributed by atoms with Crippen molar-refractivity contribution < 1.29 is 9.47 Å². The van der Waals surface area contributed by atoms with Gasteiger partial charge in [-0.05, 0) is 24.3 Å². The van der Waals surface area contributed by atoms with Crippen LogP contribution in [-0.2, 0) is 14.9 Å². The van der Waals surface area contributed by atoms with Crippen molar-refractivity contribution in [3.05, 3.63) is 35.9 Å². The number of hydrogen-bond acceptors (Lipinski definition) is 4. The first-order valence-electron chi connectivity index (χ1n) is 11.0. The average molecular weight is 403 g/mol. The molecule has 2 fully saturated rings. The summed E-state index contributed by atoms with van der Waals surface area (Å²) in [5.41, 5.74) is 1.48. The number of aliphatic imine (C=N–C) groups is 1. The third-order valence-electron chi connectivity index (χ3n) is 6.42. The van der Waals surface area contributed by atoms with Crippen LogP contribution in [0.15, 0.2) is 35.3 Å². The van der Waals surface area contributed by atoms with E-state index in [1.54, 1.807) is 0 Å². The molecule has 1 aromatic rings. The minimum absolute atomic E-state index is 0.0960. The van der Waals surface area contributed by atoms with Crippen molar-refractivity contribution in [1.82, 2.24) is 15.5 Å². The number of guanidine groups is 1. The van der Waals surface area contributed by atoms with E-state index >= 15 is 0 Å². The zero-order valence-corrected chi connectivity index (χ0v) is 18.3. The van der Waals surface area contributed by atoms with E-state index in [2.05, 4.69) is 64.7 Å². The Morgan fingerprint density at radius 2 is 1.69 bits per heavy atom. The zero-order chi connectivity index (χ0) is 20.5. The zero-order valence-electron chi connectivity index (χ0n) is 18.3. The SMILES string of the molecule is CN=C(NCC(C(C)C)N1CCOCC1)NCC1(c2ccccc2)CCOCC1. The van der Waals surface area contributed by atoms with Crippen molar-refractivity contribution >= 4 is 5.96 Å². The van der Waals surface area contributed by atoms with Gasteiger partial charge in [0.15, 0.2) is 5.96 Å². The molecule has 0 saturated carbocycles. The van der Waals surface area contributed by atoms with E-state index in [1.165, 1.54) is 5.56 Å². The highest BCUT2D eigenvalue weighted by Gasteiger charge is 2.34. The minimum atomic E-state index is 0.0960. The highest BCUT2D eigenvalue weighted by molar-refractivity contribution is 5.79. The number of ether oxygens (including phenoxy) is 2. The maximum absolute atomic E-state index is 5.66. The molecule has 0 aliphatic carbocycles. The van der Waals surface area contributed by atoms with Crippen LogP contribution in [0.2, 0.25) is 0 Å². The fraction of sp³-hybridized carbons (Fsp3) is 0.696. The van der Waals surface area contributed by atoms with Gasteiger partial charge in [0.25, 0.3) is 0 Å². The summed E-state index contributed by atoms with van der Waals surface area (Å²) in [6.45, 7) is 11.7. The summed E-state index contributed by atoms with van der Waals surface area (Å²) < 4.78 is 11.2. The van der Waals surface area contributed by atoms with Crippen LogP contribution >= 0.6 is 0 Å². The molecule has 2 aliphatic rings. The van der Waals surface area contributed by atoms with Crippen LogP contribution in [0.1, 0.15) is 32.3 Å². The molecule has 6 heteroatoms. The summed E-state index contributed by atoms with van der Waals surface area (Å²) in [6.07, 6.45) is 2.06. The third-order valence-corrected chi connectivity index (χ3v) is 6.42. The van der Waals surface area contributed by atoms with Crippen molar-refractivity contribution in [2.45, 2.75) is 38.1 Å². The fourth-order valence-corrected chi connectivity index (χ4v) is 4.49. The minimum Gasteiger partial charge on any atom is -0.381 e. The van der Waals surface area contributed by atoms with E-state index in [0.29, 0.717) is 12.0 Å². The number of morpholine rings is 1. The highest BCUT2D eigenvalue weighted by atomic mass is 16.5. The number of rotatable bonds is 7. The van der Waals surface area contributed by atoms with Crippen LogP contribution in [0.3, 0.4) is 0 Å². The van der Waals surface area contributed by atoms with Gasteiger partial charge in [0.2, 0.25) is 0 Å². The van der Waals surface area contributed by atoms with Crippen LogP contribution in [0.25, 0.3) is 0 Å². The second kappa shape index (κ2) is 11.0. The van der Waals surface area contributed by atoms with Gasteiger partial charge in [0.05, 0.1) is 13.2 Å². The van der Waals surface area contributed by atoms with Gasteiger partial charge in [-0.2, -0.15) is 0 Å². The van der Waals surface area contributed by atoms with Crippen LogP contribution in [-0.4, -0.2) is 76.6 Å². The number of nitrogens with zero attached hydrogens (tertiary/aromatic N) is 2. The molecule has 162 valence electrons. The lowest BCUT2D eigenvalue weighted by molar-refractivity contribution is 0.00750. The maximum Gasteiger partial charge on any atom is 0.191 e.